The summed E-state index contributed by atoms with van der Waals surface area (Å²) in [6.07, 6.45) is 7.89. The molecule has 0 spiro atoms. The van der Waals surface area contributed by atoms with Crippen LogP contribution in [-0.4, -0.2) is 32.6 Å². The number of ether oxygens (including phenoxy) is 1. The maximum atomic E-state index is 11.2. The first-order valence-corrected chi connectivity index (χ1v) is 13.6. The number of hydrogen-bond donors (Lipinski definition) is 0. The van der Waals surface area contributed by atoms with Gasteiger partial charge in [0.25, 0.3) is 0 Å². The molecule has 0 fully saturated rings. The number of fused-ring (bicyclic) bond motifs is 4. The van der Waals surface area contributed by atoms with Crippen LogP contribution in [0.5, 0.6) is 5.75 Å². The fraction of sp³-hybridized carbons (Fsp3) is 0.229. The van der Waals surface area contributed by atoms with E-state index in [1.165, 1.54) is 33.9 Å². The van der Waals surface area contributed by atoms with Gasteiger partial charge in [-0.15, -0.1) is 12.4 Å². The molecule has 6 heteroatoms. The zero-order chi connectivity index (χ0) is 28.2. The third-order valence-corrected chi connectivity index (χ3v) is 7.01. The molecule has 3 aromatic carbocycles. The lowest BCUT2D eigenvalue weighted by Gasteiger charge is -2.13. The van der Waals surface area contributed by atoms with Gasteiger partial charge in [0.1, 0.15) is 16.9 Å². The first kappa shape index (κ1) is 29.9. The average molecular weight is 570 g/mol. The molecule has 5 nitrogen and oxygen atoms in total. The molecular formula is C35H36ClNO4. The Hall–Kier alpha value is -4.06. The van der Waals surface area contributed by atoms with Crippen LogP contribution in [0, 0.1) is 0 Å². The number of furan rings is 1. The molecule has 2 heterocycles. The summed E-state index contributed by atoms with van der Waals surface area (Å²) in [5, 5.41) is 1.74. The number of rotatable bonds is 5. The van der Waals surface area contributed by atoms with E-state index >= 15 is 0 Å². The molecule has 0 amide bonds. The second-order valence-corrected chi connectivity index (χ2v) is 10.5. The molecule has 5 aromatic rings. The van der Waals surface area contributed by atoms with Crippen molar-refractivity contribution >= 4 is 52.1 Å². The molecule has 0 N–H and O–H groups in total. The summed E-state index contributed by atoms with van der Waals surface area (Å²) in [6, 6.07) is 24.1. The Morgan fingerprint density at radius 2 is 1.49 bits per heavy atom. The van der Waals surface area contributed by atoms with Gasteiger partial charge in [-0.2, -0.15) is 0 Å². The highest BCUT2D eigenvalue weighted by Crippen LogP contribution is 2.39. The zero-order valence-electron chi connectivity index (χ0n) is 24.1. The van der Waals surface area contributed by atoms with Crippen molar-refractivity contribution in [3.8, 4) is 5.75 Å². The molecular weight excluding hydrogens is 534 g/mol. The minimum absolute atomic E-state index is 0. The van der Waals surface area contributed by atoms with Gasteiger partial charge in [-0.05, 0) is 60.5 Å². The summed E-state index contributed by atoms with van der Waals surface area (Å²) in [7, 11) is 5.87. The number of benzene rings is 3. The minimum Gasteiger partial charge on any atom is -0.492 e. The van der Waals surface area contributed by atoms with Gasteiger partial charge in [0.15, 0.2) is 5.75 Å². The van der Waals surface area contributed by atoms with Crippen molar-refractivity contribution in [1.82, 2.24) is 4.90 Å². The van der Waals surface area contributed by atoms with Gasteiger partial charge in [-0.3, -0.25) is 0 Å². The van der Waals surface area contributed by atoms with E-state index in [1.54, 1.807) is 19.2 Å². The lowest BCUT2D eigenvalue weighted by Crippen LogP contribution is -2.12. The minimum atomic E-state index is -0.366. The van der Waals surface area contributed by atoms with E-state index in [0.29, 0.717) is 11.2 Å². The van der Waals surface area contributed by atoms with Crippen LogP contribution >= 0.6 is 12.4 Å². The van der Waals surface area contributed by atoms with Gasteiger partial charge in [-0.1, -0.05) is 80.6 Å². The third kappa shape index (κ3) is 6.48. The van der Waals surface area contributed by atoms with E-state index in [1.807, 2.05) is 19.9 Å². The van der Waals surface area contributed by atoms with Crippen molar-refractivity contribution in [3.05, 3.63) is 117 Å². The van der Waals surface area contributed by atoms with Gasteiger partial charge in [0, 0.05) is 30.0 Å². The Morgan fingerprint density at radius 1 is 0.854 bits per heavy atom. The van der Waals surface area contributed by atoms with Gasteiger partial charge in [0.05, 0.1) is 12.5 Å². The van der Waals surface area contributed by atoms with Crippen LogP contribution in [0.1, 0.15) is 54.2 Å². The Morgan fingerprint density at radius 3 is 2.07 bits per heavy atom. The van der Waals surface area contributed by atoms with Gasteiger partial charge in [0.2, 0.25) is 0 Å². The molecule has 0 saturated heterocycles. The Balaban J connectivity index is 0.000000185. The van der Waals surface area contributed by atoms with Crippen molar-refractivity contribution in [3.63, 3.8) is 0 Å². The number of hydrogen-bond acceptors (Lipinski definition) is 5. The van der Waals surface area contributed by atoms with Gasteiger partial charge >= 0.3 is 5.63 Å². The monoisotopic (exact) mass is 569 g/mol. The second-order valence-electron chi connectivity index (χ2n) is 10.5. The molecule has 2 aromatic heterocycles. The van der Waals surface area contributed by atoms with Gasteiger partial charge < -0.3 is 18.5 Å². The number of methoxy groups -OCH3 is 1. The summed E-state index contributed by atoms with van der Waals surface area (Å²) in [5.41, 5.74) is 7.43. The SMILES string of the molecule is CN(C)CCC=C1c2ccccc2C=Cc2ccccc21.COc1c(C(C)C)oc2cc3oc(=O)ccc3cc12.Cl. The second kappa shape index (κ2) is 13.1. The van der Waals surface area contributed by atoms with Gasteiger partial charge in [-0.25, -0.2) is 4.79 Å². The Kier molecular flexibility index (Phi) is 9.53. The quantitative estimate of drug-likeness (QED) is 0.194. The summed E-state index contributed by atoms with van der Waals surface area (Å²) >= 11 is 0. The van der Waals surface area contributed by atoms with E-state index in [2.05, 4.69) is 85.8 Å². The highest BCUT2D eigenvalue weighted by molar-refractivity contribution is 5.97. The highest BCUT2D eigenvalue weighted by atomic mass is 35.5. The molecule has 1 aliphatic rings. The standard InChI is InChI=1S/C20H21N.C15H14O4.ClH/c1-21(2)15-7-12-20-18-10-5-3-8-16(18)13-14-17-9-4-6-11-19(17)20;1-8(2)14-15(17-3)10-6-9-4-5-13(16)18-11(9)7-12(10)19-14;/h3-6,8-14H,7,15H2,1-2H3;4-8H,1-3H3;1H. The molecule has 0 saturated carbocycles. The fourth-order valence-electron chi connectivity index (χ4n) is 5.03. The topological polar surface area (TPSA) is 55.8 Å². The van der Waals surface area contributed by atoms with Crippen molar-refractivity contribution in [2.45, 2.75) is 26.2 Å². The molecule has 41 heavy (non-hydrogen) atoms. The van der Waals surface area contributed by atoms with Crippen LogP contribution in [0.2, 0.25) is 0 Å². The summed E-state index contributed by atoms with van der Waals surface area (Å²) in [4.78, 5) is 13.5. The average Bonchev–Trinajstić information content (AvgIpc) is 3.23. The van der Waals surface area contributed by atoms with Crippen molar-refractivity contribution in [1.29, 1.82) is 0 Å². The van der Waals surface area contributed by atoms with Crippen LogP contribution < -0.4 is 10.4 Å². The summed E-state index contributed by atoms with van der Waals surface area (Å²) < 4.78 is 16.4. The zero-order valence-corrected chi connectivity index (χ0v) is 25.0. The highest BCUT2D eigenvalue weighted by Gasteiger charge is 2.19. The van der Waals surface area contributed by atoms with E-state index < -0.39 is 0 Å². The van der Waals surface area contributed by atoms with Crippen molar-refractivity contribution in [2.75, 3.05) is 27.7 Å². The van der Waals surface area contributed by atoms with Crippen molar-refractivity contribution < 1.29 is 13.6 Å². The molecule has 212 valence electrons. The van der Waals surface area contributed by atoms with E-state index in [-0.39, 0.29) is 24.0 Å². The van der Waals surface area contributed by atoms with E-state index in [4.69, 9.17) is 13.6 Å². The Bertz CT molecular complexity index is 1720. The predicted octanol–water partition coefficient (Wildman–Crippen LogP) is 8.65. The van der Waals surface area contributed by atoms with Crippen LogP contribution in [0.25, 0.3) is 39.7 Å². The first-order valence-electron chi connectivity index (χ1n) is 13.6. The predicted molar refractivity (Wildman–Crippen MR) is 172 cm³/mol. The molecule has 0 aliphatic heterocycles. The maximum Gasteiger partial charge on any atom is 0.336 e. The molecule has 0 atom stereocenters. The van der Waals surface area contributed by atoms with Crippen LogP contribution in [0.15, 0.2) is 92.5 Å². The van der Waals surface area contributed by atoms with Crippen LogP contribution in [0.4, 0.5) is 0 Å². The first-order chi connectivity index (χ1) is 19.4. The third-order valence-electron chi connectivity index (χ3n) is 7.01. The molecule has 0 radical (unpaired) electrons. The maximum absolute atomic E-state index is 11.2. The smallest absolute Gasteiger partial charge is 0.336 e. The summed E-state index contributed by atoms with van der Waals surface area (Å²) in [5.74, 6) is 1.77. The molecule has 0 bridgehead atoms. The lowest BCUT2D eigenvalue weighted by atomic mass is 9.93. The molecule has 6 rings (SSSR count). The van der Waals surface area contributed by atoms with E-state index in [0.717, 1.165) is 35.2 Å². The lowest BCUT2D eigenvalue weighted by molar-refractivity contribution is 0.390. The molecule has 1 aliphatic carbocycles. The van der Waals surface area contributed by atoms with Crippen molar-refractivity contribution in [2.24, 2.45) is 0 Å². The van der Waals surface area contributed by atoms with Crippen LogP contribution in [0.3, 0.4) is 0 Å². The normalized spacial score (nSPS) is 11.9. The largest absolute Gasteiger partial charge is 0.492 e. The fourth-order valence-corrected chi connectivity index (χ4v) is 5.03. The van der Waals surface area contributed by atoms with E-state index in [9.17, 15) is 4.79 Å². The number of nitrogens with zero attached hydrogens (tertiary/aromatic N) is 1. The molecule has 0 unspecified atom stereocenters. The van der Waals surface area contributed by atoms with Crippen LogP contribution in [-0.2, 0) is 0 Å². The summed E-state index contributed by atoms with van der Waals surface area (Å²) in [6.45, 7) is 5.15. The number of halogens is 1. The Labute approximate surface area is 247 Å².